The largest absolute Gasteiger partial charge is 0.310 e. The molecule has 1 saturated carbocycles. The predicted octanol–water partition coefficient (Wildman–Crippen LogP) is 5.28. The van der Waals surface area contributed by atoms with Gasteiger partial charge in [-0.15, -0.1) is 0 Å². The highest BCUT2D eigenvalue weighted by Crippen LogP contribution is 2.29. The van der Waals surface area contributed by atoms with Gasteiger partial charge in [0.2, 0.25) is 0 Å². The van der Waals surface area contributed by atoms with E-state index < -0.39 is 0 Å². The zero-order valence-corrected chi connectivity index (χ0v) is 14.0. The average molecular weight is 342 g/mol. The number of hydrogen-bond acceptors (Lipinski definition) is 1. The third kappa shape index (κ3) is 4.85. The minimum Gasteiger partial charge on any atom is -0.310 e. The lowest BCUT2D eigenvalue weighted by atomic mass is 9.81. The minimum absolute atomic E-state index is 0.116. The summed E-state index contributed by atoms with van der Waals surface area (Å²) in [7, 11) is 0. The Bertz CT molecular complexity index is 433. The molecule has 0 saturated heterocycles. The average Bonchev–Trinajstić information content (AvgIpc) is 2.39. The number of halogens is 2. The zero-order chi connectivity index (χ0) is 14.5. The van der Waals surface area contributed by atoms with E-state index in [1.165, 1.54) is 38.2 Å². The fourth-order valence-corrected chi connectivity index (χ4v) is 3.70. The first-order chi connectivity index (χ1) is 9.54. The maximum absolute atomic E-state index is 13.7. The summed E-state index contributed by atoms with van der Waals surface area (Å²) in [5.74, 6) is 1.50. The highest BCUT2D eigenvalue weighted by molar-refractivity contribution is 9.10. The van der Waals surface area contributed by atoms with Crippen LogP contribution in [0, 0.1) is 17.7 Å². The summed E-state index contributed by atoms with van der Waals surface area (Å²) < 4.78 is 14.7. The molecule has 1 aliphatic carbocycles. The molecule has 2 unspecified atom stereocenters. The van der Waals surface area contributed by atoms with Gasteiger partial charge in [0.05, 0.1) is 0 Å². The molecule has 1 aromatic rings. The van der Waals surface area contributed by atoms with Gasteiger partial charge < -0.3 is 5.32 Å². The lowest BCUT2D eigenvalue weighted by Crippen LogP contribution is -2.34. The molecule has 3 heteroatoms. The molecular weight excluding hydrogens is 317 g/mol. The summed E-state index contributed by atoms with van der Waals surface area (Å²) >= 11 is 3.40. The molecule has 0 amide bonds. The van der Waals surface area contributed by atoms with E-state index in [1.807, 2.05) is 6.07 Å². The molecule has 0 bridgehead atoms. The number of benzene rings is 1. The Labute approximate surface area is 130 Å². The minimum atomic E-state index is -0.116. The van der Waals surface area contributed by atoms with Crippen LogP contribution in [0.4, 0.5) is 4.39 Å². The number of hydrogen-bond donors (Lipinski definition) is 1. The van der Waals surface area contributed by atoms with Gasteiger partial charge >= 0.3 is 0 Å². The van der Waals surface area contributed by atoms with Gasteiger partial charge in [-0.05, 0) is 49.3 Å². The topological polar surface area (TPSA) is 12.0 Å². The van der Waals surface area contributed by atoms with Crippen LogP contribution in [0.15, 0.2) is 22.7 Å². The molecule has 1 aromatic carbocycles. The van der Waals surface area contributed by atoms with Crippen molar-refractivity contribution in [3.8, 4) is 0 Å². The third-order valence-corrected chi connectivity index (χ3v) is 4.67. The van der Waals surface area contributed by atoms with Crippen molar-refractivity contribution in [3.63, 3.8) is 0 Å². The Morgan fingerprint density at radius 1 is 1.35 bits per heavy atom. The number of rotatable bonds is 5. The van der Waals surface area contributed by atoms with Crippen molar-refractivity contribution in [2.45, 2.75) is 58.5 Å². The first kappa shape index (κ1) is 16.0. The molecule has 20 heavy (non-hydrogen) atoms. The summed E-state index contributed by atoms with van der Waals surface area (Å²) in [6.07, 6.45) is 6.46. The van der Waals surface area contributed by atoms with E-state index in [0.29, 0.717) is 12.6 Å². The molecular formula is C17H25BrFN. The highest BCUT2D eigenvalue weighted by atomic mass is 79.9. The van der Waals surface area contributed by atoms with E-state index in [-0.39, 0.29) is 5.82 Å². The fraction of sp³-hybridized carbons (Fsp3) is 0.647. The Morgan fingerprint density at radius 3 is 2.90 bits per heavy atom. The Balaban J connectivity index is 1.85. The Morgan fingerprint density at radius 2 is 2.15 bits per heavy atom. The summed E-state index contributed by atoms with van der Waals surface area (Å²) in [4.78, 5) is 0. The molecule has 1 fully saturated rings. The maximum atomic E-state index is 13.7. The van der Waals surface area contributed by atoms with Crippen LogP contribution in [0.1, 0.15) is 51.5 Å². The van der Waals surface area contributed by atoms with Gasteiger partial charge in [-0.2, -0.15) is 0 Å². The molecule has 0 aromatic heterocycles. The van der Waals surface area contributed by atoms with Crippen LogP contribution in [0.5, 0.6) is 0 Å². The van der Waals surface area contributed by atoms with Crippen molar-refractivity contribution in [1.82, 2.24) is 5.32 Å². The van der Waals surface area contributed by atoms with E-state index in [0.717, 1.165) is 21.9 Å². The van der Waals surface area contributed by atoms with Crippen LogP contribution in [-0.2, 0) is 6.54 Å². The Hall–Kier alpha value is -0.410. The van der Waals surface area contributed by atoms with Gasteiger partial charge in [0, 0.05) is 22.6 Å². The SMILES string of the molecule is CC(C)CC1CCCC(NCc2cc(Br)ccc2F)C1. The molecule has 0 spiro atoms. The summed E-state index contributed by atoms with van der Waals surface area (Å²) in [5, 5.41) is 3.55. The van der Waals surface area contributed by atoms with E-state index in [4.69, 9.17) is 0 Å². The van der Waals surface area contributed by atoms with Crippen LogP contribution in [-0.4, -0.2) is 6.04 Å². The maximum Gasteiger partial charge on any atom is 0.127 e. The summed E-state index contributed by atoms with van der Waals surface area (Å²) in [5.41, 5.74) is 0.755. The van der Waals surface area contributed by atoms with Crippen LogP contribution in [0.25, 0.3) is 0 Å². The van der Waals surface area contributed by atoms with E-state index >= 15 is 0 Å². The van der Waals surface area contributed by atoms with Gasteiger partial charge in [-0.1, -0.05) is 42.6 Å². The van der Waals surface area contributed by atoms with Gasteiger partial charge in [0.15, 0.2) is 0 Å². The first-order valence-electron chi connectivity index (χ1n) is 7.72. The van der Waals surface area contributed by atoms with E-state index in [1.54, 1.807) is 6.07 Å². The highest BCUT2D eigenvalue weighted by Gasteiger charge is 2.22. The monoisotopic (exact) mass is 341 g/mol. The molecule has 112 valence electrons. The lowest BCUT2D eigenvalue weighted by molar-refractivity contribution is 0.251. The van der Waals surface area contributed by atoms with Gasteiger partial charge in [0.25, 0.3) is 0 Å². The lowest BCUT2D eigenvalue weighted by Gasteiger charge is -2.31. The molecule has 1 N–H and O–H groups in total. The van der Waals surface area contributed by atoms with Crippen molar-refractivity contribution >= 4 is 15.9 Å². The summed E-state index contributed by atoms with van der Waals surface area (Å²) in [6, 6.07) is 5.70. The molecule has 0 heterocycles. The van der Waals surface area contributed by atoms with Crippen molar-refractivity contribution in [1.29, 1.82) is 0 Å². The number of nitrogens with one attached hydrogen (secondary N) is 1. The van der Waals surface area contributed by atoms with Crippen LogP contribution >= 0.6 is 15.9 Å². The quantitative estimate of drug-likeness (QED) is 0.767. The molecule has 0 aliphatic heterocycles. The molecule has 2 rings (SSSR count). The van der Waals surface area contributed by atoms with Crippen molar-refractivity contribution in [2.24, 2.45) is 11.8 Å². The smallest absolute Gasteiger partial charge is 0.127 e. The van der Waals surface area contributed by atoms with Crippen molar-refractivity contribution in [3.05, 3.63) is 34.1 Å². The molecule has 2 atom stereocenters. The van der Waals surface area contributed by atoms with Gasteiger partial charge in [0.1, 0.15) is 5.82 Å². The van der Waals surface area contributed by atoms with E-state index in [2.05, 4.69) is 35.1 Å². The van der Waals surface area contributed by atoms with Crippen LogP contribution in [0.2, 0.25) is 0 Å². The Kier molecular flexibility index (Phi) is 6.03. The van der Waals surface area contributed by atoms with Crippen molar-refractivity contribution < 1.29 is 4.39 Å². The third-order valence-electron chi connectivity index (χ3n) is 4.18. The second-order valence-corrected chi connectivity index (χ2v) is 7.39. The van der Waals surface area contributed by atoms with E-state index in [9.17, 15) is 4.39 Å². The fourth-order valence-electron chi connectivity index (χ4n) is 3.29. The molecule has 1 aliphatic rings. The second kappa shape index (κ2) is 7.56. The molecule has 0 radical (unpaired) electrons. The van der Waals surface area contributed by atoms with Gasteiger partial charge in [-0.3, -0.25) is 0 Å². The van der Waals surface area contributed by atoms with Crippen LogP contribution in [0.3, 0.4) is 0 Å². The predicted molar refractivity (Wildman–Crippen MR) is 86.1 cm³/mol. The van der Waals surface area contributed by atoms with Crippen molar-refractivity contribution in [2.75, 3.05) is 0 Å². The normalized spacial score (nSPS) is 23.2. The second-order valence-electron chi connectivity index (χ2n) is 6.48. The summed E-state index contributed by atoms with van der Waals surface area (Å²) in [6.45, 7) is 5.23. The molecule has 1 nitrogen and oxygen atoms in total. The van der Waals surface area contributed by atoms with Crippen LogP contribution < -0.4 is 5.32 Å². The zero-order valence-electron chi connectivity index (χ0n) is 12.5. The van der Waals surface area contributed by atoms with Gasteiger partial charge in [-0.25, -0.2) is 4.39 Å². The standard InChI is InChI=1S/C17H25BrFN/c1-12(2)8-13-4-3-5-16(9-13)20-11-14-10-15(18)6-7-17(14)19/h6-7,10,12-13,16,20H,3-5,8-9,11H2,1-2H3. The first-order valence-corrected chi connectivity index (χ1v) is 8.51.